The summed E-state index contributed by atoms with van der Waals surface area (Å²) in [4.78, 5) is 53.3. The van der Waals surface area contributed by atoms with Crippen molar-refractivity contribution in [2.24, 2.45) is 0 Å². The van der Waals surface area contributed by atoms with Crippen molar-refractivity contribution >= 4 is 39.8 Å². The Morgan fingerprint density at radius 3 is 2.33 bits per heavy atom. The first-order valence-electron chi connectivity index (χ1n) is 9.21. The van der Waals surface area contributed by atoms with Gasteiger partial charge in [0.25, 0.3) is 11.8 Å². The number of carbonyl (C=O) groups is 4. The van der Waals surface area contributed by atoms with E-state index in [1.54, 1.807) is 30.3 Å². The molecule has 1 fully saturated rings. The first-order chi connectivity index (χ1) is 14.4. The van der Waals surface area contributed by atoms with Gasteiger partial charge in [-0.05, 0) is 23.3 Å². The number of nitrogens with one attached hydrogen (secondary N) is 1. The van der Waals surface area contributed by atoms with E-state index < -0.39 is 29.9 Å². The molecular weight excluding hydrogens is 456 g/mol. The molecule has 0 aliphatic carbocycles. The smallest absolute Gasteiger partial charge is 0.408 e. The standard InChI is InChI=1S/C21H19BrN2O6/c22-16-8-4-7-15(11-16)12-17(20(27)30-24-18(25)9-10-19(24)26)23-21(28)29-13-14-5-2-1-3-6-14/h1-8,11,17H,9-10,12-13H2,(H,23,28). The average molecular weight is 475 g/mol. The van der Waals surface area contributed by atoms with E-state index >= 15 is 0 Å². The molecule has 0 spiro atoms. The number of hydrogen-bond acceptors (Lipinski definition) is 6. The molecule has 1 heterocycles. The number of imide groups is 1. The van der Waals surface area contributed by atoms with Crippen LogP contribution in [0.25, 0.3) is 0 Å². The number of alkyl carbamates (subject to hydrolysis) is 1. The van der Waals surface area contributed by atoms with Gasteiger partial charge in [-0.2, -0.15) is 0 Å². The van der Waals surface area contributed by atoms with Gasteiger partial charge >= 0.3 is 12.1 Å². The number of rotatable bonds is 7. The molecule has 3 rings (SSSR count). The van der Waals surface area contributed by atoms with Gasteiger partial charge in [0, 0.05) is 23.7 Å². The first kappa shape index (κ1) is 21.5. The van der Waals surface area contributed by atoms with Gasteiger partial charge < -0.3 is 14.9 Å². The number of benzene rings is 2. The molecule has 1 saturated heterocycles. The SMILES string of the molecule is O=C(NC(Cc1cccc(Br)c1)C(=O)ON1C(=O)CCC1=O)OCc1ccccc1. The Kier molecular flexibility index (Phi) is 7.18. The molecule has 1 unspecified atom stereocenters. The zero-order valence-electron chi connectivity index (χ0n) is 15.9. The molecule has 1 atom stereocenters. The molecule has 30 heavy (non-hydrogen) atoms. The third-order valence-electron chi connectivity index (χ3n) is 4.31. The summed E-state index contributed by atoms with van der Waals surface area (Å²) in [5.74, 6) is -2.13. The molecule has 1 aliphatic rings. The fourth-order valence-electron chi connectivity index (χ4n) is 2.81. The van der Waals surface area contributed by atoms with Crippen molar-refractivity contribution in [3.63, 3.8) is 0 Å². The molecule has 2 aromatic carbocycles. The van der Waals surface area contributed by atoms with Crippen LogP contribution in [0.2, 0.25) is 0 Å². The summed E-state index contributed by atoms with van der Waals surface area (Å²) in [5, 5.41) is 2.91. The van der Waals surface area contributed by atoms with Gasteiger partial charge in [-0.3, -0.25) is 9.59 Å². The second kappa shape index (κ2) is 10.0. The lowest BCUT2D eigenvalue weighted by molar-refractivity contribution is -0.198. The van der Waals surface area contributed by atoms with Gasteiger partial charge in [-0.1, -0.05) is 58.4 Å². The summed E-state index contributed by atoms with van der Waals surface area (Å²) < 4.78 is 5.96. The van der Waals surface area contributed by atoms with Crippen LogP contribution in [0.15, 0.2) is 59.1 Å². The Labute approximate surface area is 181 Å². The maximum atomic E-state index is 12.6. The molecule has 0 saturated carbocycles. The number of carbonyl (C=O) groups excluding carboxylic acids is 4. The van der Waals surface area contributed by atoms with E-state index in [9.17, 15) is 19.2 Å². The lowest BCUT2D eigenvalue weighted by Gasteiger charge is -2.20. The van der Waals surface area contributed by atoms with Gasteiger partial charge in [0.05, 0.1) is 0 Å². The molecular formula is C21H19BrN2O6. The van der Waals surface area contributed by atoms with E-state index in [0.29, 0.717) is 5.06 Å². The van der Waals surface area contributed by atoms with Crippen LogP contribution in [-0.4, -0.2) is 35.0 Å². The fourth-order valence-corrected chi connectivity index (χ4v) is 3.26. The van der Waals surface area contributed by atoms with Gasteiger partial charge in [0.2, 0.25) is 0 Å². The van der Waals surface area contributed by atoms with Gasteiger partial charge in [0.15, 0.2) is 0 Å². The van der Waals surface area contributed by atoms with E-state index in [0.717, 1.165) is 15.6 Å². The Morgan fingerprint density at radius 1 is 1.00 bits per heavy atom. The predicted octanol–water partition coefficient (Wildman–Crippen LogP) is 2.89. The van der Waals surface area contributed by atoms with Crippen molar-refractivity contribution in [3.05, 3.63) is 70.2 Å². The second-order valence-electron chi connectivity index (χ2n) is 6.58. The van der Waals surface area contributed by atoms with Crippen LogP contribution in [0.4, 0.5) is 4.79 Å². The van der Waals surface area contributed by atoms with Crippen LogP contribution < -0.4 is 5.32 Å². The minimum Gasteiger partial charge on any atom is -0.445 e. The quantitative estimate of drug-likeness (QED) is 0.618. The summed E-state index contributed by atoms with van der Waals surface area (Å²) in [7, 11) is 0. The lowest BCUT2D eigenvalue weighted by Crippen LogP contribution is -2.46. The average Bonchev–Trinajstić information content (AvgIpc) is 3.04. The molecule has 2 aromatic rings. The minimum atomic E-state index is -1.16. The highest BCUT2D eigenvalue weighted by Gasteiger charge is 2.35. The van der Waals surface area contributed by atoms with Crippen LogP contribution in [0.1, 0.15) is 24.0 Å². The summed E-state index contributed by atoms with van der Waals surface area (Å²) in [6.07, 6.45) is -0.784. The third-order valence-corrected chi connectivity index (χ3v) is 4.80. The van der Waals surface area contributed by atoms with E-state index in [-0.39, 0.29) is 25.9 Å². The maximum Gasteiger partial charge on any atom is 0.408 e. The zero-order chi connectivity index (χ0) is 21.5. The van der Waals surface area contributed by atoms with Crippen molar-refractivity contribution < 1.29 is 28.8 Å². The van der Waals surface area contributed by atoms with Gasteiger partial charge in [0.1, 0.15) is 12.6 Å². The van der Waals surface area contributed by atoms with Crippen LogP contribution >= 0.6 is 15.9 Å². The summed E-state index contributed by atoms with van der Waals surface area (Å²) in [6, 6.07) is 15.1. The minimum absolute atomic E-state index is 0.0189. The number of nitrogens with zero attached hydrogens (tertiary/aromatic N) is 1. The summed E-state index contributed by atoms with van der Waals surface area (Å²) in [6.45, 7) is 0.0222. The molecule has 0 aromatic heterocycles. The highest BCUT2D eigenvalue weighted by Crippen LogP contribution is 2.16. The Bertz CT molecular complexity index is 934. The largest absolute Gasteiger partial charge is 0.445 e. The molecule has 8 nitrogen and oxygen atoms in total. The Morgan fingerprint density at radius 2 is 1.67 bits per heavy atom. The number of hydroxylamine groups is 2. The van der Waals surface area contributed by atoms with Crippen LogP contribution in [0.5, 0.6) is 0 Å². The maximum absolute atomic E-state index is 12.6. The molecule has 0 bridgehead atoms. The van der Waals surface area contributed by atoms with Gasteiger partial charge in [-0.25, -0.2) is 9.59 Å². The molecule has 156 valence electrons. The summed E-state index contributed by atoms with van der Waals surface area (Å²) in [5.41, 5.74) is 1.51. The lowest BCUT2D eigenvalue weighted by atomic mass is 10.1. The highest BCUT2D eigenvalue weighted by atomic mass is 79.9. The molecule has 1 N–H and O–H groups in total. The number of amides is 3. The third kappa shape index (κ3) is 5.90. The first-order valence-corrected chi connectivity index (χ1v) is 10.0. The van der Waals surface area contributed by atoms with Crippen LogP contribution in [0, 0.1) is 0 Å². The van der Waals surface area contributed by atoms with E-state index in [1.807, 2.05) is 24.3 Å². The van der Waals surface area contributed by atoms with Crippen molar-refractivity contribution in [2.45, 2.75) is 31.9 Å². The molecule has 0 radical (unpaired) electrons. The van der Waals surface area contributed by atoms with E-state index in [4.69, 9.17) is 9.57 Å². The van der Waals surface area contributed by atoms with Gasteiger partial charge in [-0.15, -0.1) is 5.06 Å². The van der Waals surface area contributed by atoms with Crippen LogP contribution in [-0.2, 0) is 37.0 Å². The monoisotopic (exact) mass is 474 g/mol. The Hall–Kier alpha value is -3.20. The Balaban J connectivity index is 1.68. The fraction of sp³-hybridized carbons (Fsp3) is 0.238. The highest BCUT2D eigenvalue weighted by molar-refractivity contribution is 9.10. The number of halogens is 1. The number of hydrogen-bond donors (Lipinski definition) is 1. The predicted molar refractivity (Wildman–Crippen MR) is 109 cm³/mol. The molecule has 1 aliphatic heterocycles. The van der Waals surface area contributed by atoms with E-state index in [2.05, 4.69) is 21.2 Å². The van der Waals surface area contributed by atoms with Crippen molar-refractivity contribution in [1.29, 1.82) is 0 Å². The second-order valence-corrected chi connectivity index (χ2v) is 7.50. The van der Waals surface area contributed by atoms with Crippen LogP contribution in [0.3, 0.4) is 0 Å². The normalized spacial score (nSPS) is 14.4. The topological polar surface area (TPSA) is 102 Å². The number of ether oxygens (including phenoxy) is 1. The van der Waals surface area contributed by atoms with Crippen molar-refractivity contribution in [2.75, 3.05) is 0 Å². The zero-order valence-corrected chi connectivity index (χ0v) is 17.5. The van der Waals surface area contributed by atoms with Crippen molar-refractivity contribution in [1.82, 2.24) is 10.4 Å². The van der Waals surface area contributed by atoms with E-state index in [1.165, 1.54) is 0 Å². The summed E-state index contributed by atoms with van der Waals surface area (Å²) >= 11 is 3.35. The molecule has 9 heteroatoms. The molecule has 3 amide bonds. The van der Waals surface area contributed by atoms with Crippen molar-refractivity contribution in [3.8, 4) is 0 Å².